The van der Waals surface area contributed by atoms with Crippen LogP contribution >= 0.6 is 46.3 Å². The zero-order valence-electron chi connectivity index (χ0n) is 12.0. The summed E-state index contributed by atoms with van der Waals surface area (Å²) in [5.41, 5.74) is 1.54. The molecule has 2 aromatic carbocycles. The summed E-state index contributed by atoms with van der Waals surface area (Å²) in [6.07, 6.45) is 0. The molecular weight excluding hydrogens is 371 g/mol. The molecule has 118 valence electrons. The summed E-state index contributed by atoms with van der Waals surface area (Å²) in [7, 11) is 0. The average Bonchev–Trinajstić information content (AvgIpc) is 2.88. The summed E-state index contributed by atoms with van der Waals surface area (Å²) in [5, 5.41) is 3.83. The largest absolute Gasteiger partial charge is 0.325 e. The molecule has 0 saturated carbocycles. The highest BCUT2D eigenvalue weighted by molar-refractivity contribution is 8.02. The van der Waals surface area contributed by atoms with Crippen LogP contribution in [0.4, 0.5) is 5.69 Å². The third-order valence-corrected chi connectivity index (χ3v) is 5.77. The molecule has 3 aromatic rings. The molecule has 3 nitrogen and oxygen atoms in total. The van der Waals surface area contributed by atoms with Crippen LogP contribution < -0.4 is 5.32 Å². The minimum Gasteiger partial charge on any atom is -0.325 e. The lowest BCUT2D eigenvalue weighted by atomic mass is 10.3. The lowest BCUT2D eigenvalue weighted by Crippen LogP contribution is -2.22. The summed E-state index contributed by atoms with van der Waals surface area (Å²) in [5.74, 6) is -0.0884. The molecule has 1 amide bonds. The third kappa shape index (κ3) is 4.18. The van der Waals surface area contributed by atoms with E-state index in [4.69, 9.17) is 23.2 Å². The summed E-state index contributed by atoms with van der Waals surface area (Å²) in [6.45, 7) is 1.85. The van der Waals surface area contributed by atoms with E-state index in [0.717, 1.165) is 14.6 Å². The van der Waals surface area contributed by atoms with Crippen molar-refractivity contribution in [3.05, 3.63) is 52.5 Å². The first-order valence-corrected chi connectivity index (χ1v) is 9.25. The first-order chi connectivity index (χ1) is 11.0. The molecule has 0 unspecified atom stereocenters. The van der Waals surface area contributed by atoms with Crippen LogP contribution in [0.2, 0.25) is 10.0 Å². The normalized spacial score (nSPS) is 12.3. The van der Waals surface area contributed by atoms with Gasteiger partial charge in [-0.25, -0.2) is 4.98 Å². The topological polar surface area (TPSA) is 42.0 Å². The zero-order chi connectivity index (χ0) is 16.4. The van der Waals surface area contributed by atoms with Crippen LogP contribution in [-0.2, 0) is 4.79 Å². The number of thioether (sulfide) groups is 1. The van der Waals surface area contributed by atoms with Gasteiger partial charge in [-0.1, -0.05) is 41.0 Å². The van der Waals surface area contributed by atoms with Gasteiger partial charge in [-0.05, 0) is 43.3 Å². The average molecular weight is 383 g/mol. The molecule has 7 heteroatoms. The Hall–Kier alpha value is -1.27. The molecular formula is C16H12Cl2N2OS2. The number of rotatable bonds is 4. The smallest absolute Gasteiger partial charge is 0.237 e. The molecule has 23 heavy (non-hydrogen) atoms. The predicted molar refractivity (Wildman–Crippen MR) is 100 cm³/mol. The summed E-state index contributed by atoms with van der Waals surface area (Å²) < 4.78 is 1.90. The number of hydrogen-bond acceptors (Lipinski definition) is 4. The van der Waals surface area contributed by atoms with Crippen molar-refractivity contribution < 1.29 is 4.79 Å². The molecule has 0 aliphatic carbocycles. The molecule has 0 fully saturated rings. The van der Waals surface area contributed by atoms with E-state index >= 15 is 0 Å². The van der Waals surface area contributed by atoms with Gasteiger partial charge in [-0.3, -0.25) is 4.79 Å². The lowest BCUT2D eigenvalue weighted by Gasteiger charge is -2.10. The molecule has 0 spiro atoms. The van der Waals surface area contributed by atoms with Crippen molar-refractivity contribution in [2.24, 2.45) is 0 Å². The number of carbonyl (C=O) groups excluding carboxylic acids is 1. The number of aromatic nitrogens is 1. The van der Waals surface area contributed by atoms with E-state index in [2.05, 4.69) is 10.3 Å². The molecule has 0 saturated heterocycles. The molecule has 3 rings (SSSR count). The van der Waals surface area contributed by atoms with Crippen molar-refractivity contribution in [3.63, 3.8) is 0 Å². The Bertz CT molecular complexity index is 866. The van der Waals surface area contributed by atoms with E-state index in [-0.39, 0.29) is 11.2 Å². The molecule has 1 heterocycles. The fraction of sp³-hybridized carbons (Fsp3) is 0.125. The van der Waals surface area contributed by atoms with Crippen LogP contribution in [0.25, 0.3) is 10.2 Å². The number of hydrogen-bond donors (Lipinski definition) is 1. The monoisotopic (exact) mass is 382 g/mol. The van der Waals surface area contributed by atoms with E-state index in [1.54, 1.807) is 35.6 Å². The second-order valence-corrected chi connectivity index (χ2v) is 8.34. The standard InChI is InChI=1S/C16H12Cl2N2OS2/c1-9(15(21)19-12-4-2-3-10(17)7-12)22-16-20-13-8-11(18)5-6-14(13)23-16/h2-9H,1H3,(H,19,21)/t9-/m0/s1. The second kappa shape index (κ2) is 7.09. The van der Waals surface area contributed by atoms with Gasteiger partial charge in [0.25, 0.3) is 0 Å². The van der Waals surface area contributed by atoms with Gasteiger partial charge in [0.15, 0.2) is 4.34 Å². The van der Waals surface area contributed by atoms with Crippen LogP contribution in [0.15, 0.2) is 46.8 Å². The van der Waals surface area contributed by atoms with Gasteiger partial charge in [0, 0.05) is 15.7 Å². The number of anilines is 1. The Morgan fingerprint density at radius 3 is 2.78 bits per heavy atom. The zero-order valence-corrected chi connectivity index (χ0v) is 15.2. The fourth-order valence-electron chi connectivity index (χ4n) is 1.94. The van der Waals surface area contributed by atoms with E-state index in [1.807, 2.05) is 25.1 Å². The maximum atomic E-state index is 12.3. The number of carbonyl (C=O) groups is 1. The van der Waals surface area contributed by atoms with E-state index in [1.165, 1.54) is 11.8 Å². The Labute approximate surface area is 152 Å². The van der Waals surface area contributed by atoms with Crippen molar-refractivity contribution in [2.45, 2.75) is 16.5 Å². The fourth-order valence-corrected chi connectivity index (χ4v) is 4.49. The maximum Gasteiger partial charge on any atom is 0.237 e. The number of thiazole rings is 1. The number of nitrogens with one attached hydrogen (secondary N) is 1. The van der Waals surface area contributed by atoms with Gasteiger partial charge >= 0.3 is 0 Å². The summed E-state index contributed by atoms with van der Waals surface area (Å²) in [6, 6.07) is 12.7. The SMILES string of the molecule is C[C@H](Sc1nc2cc(Cl)ccc2s1)C(=O)Nc1cccc(Cl)c1. The number of halogens is 2. The molecule has 0 radical (unpaired) electrons. The minimum absolute atomic E-state index is 0.0884. The van der Waals surface area contributed by atoms with Gasteiger partial charge in [0.2, 0.25) is 5.91 Å². The highest BCUT2D eigenvalue weighted by Gasteiger charge is 2.17. The number of fused-ring (bicyclic) bond motifs is 1. The number of benzene rings is 2. The Balaban J connectivity index is 1.69. The van der Waals surface area contributed by atoms with Crippen LogP contribution in [-0.4, -0.2) is 16.1 Å². The molecule has 1 N–H and O–H groups in total. The summed E-state index contributed by atoms with van der Waals surface area (Å²) >= 11 is 14.9. The highest BCUT2D eigenvalue weighted by atomic mass is 35.5. The van der Waals surface area contributed by atoms with Gasteiger partial charge in [0.05, 0.1) is 15.5 Å². The first kappa shape index (κ1) is 16.6. The Morgan fingerprint density at radius 1 is 1.22 bits per heavy atom. The van der Waals surface area contributed by atoms with Gasteiger partial charge in [-0.15, -0.1) is 11.3 Å². The molecule has 0 aliphatic rings. The van der Waals surface area contributed by atoms with Crippen molar-refractivity contribution in [2.75, 3.05) is 5.32 Å². The summed E-state index contributed by atoms with van der Waals surface area (Å²) in [4.78, 5) is 16.8. The Morgan fingerprint density at radius 2 is 2.00 bits per heavy atom. The van der Waals surface area contributed by atoms with E-state index in [9.17, 15) is 4.79 Å². The number of nitrogens with zero attached hydrogens (tertiary/aromatic N) is 1. The van der Waals surface area contributed by atoms with Gasteiger partial charge in [-0.2, -0.15) is 0 Å². The van der Waals surface area contributed by atoms with Crippen molar-refractivity contribution >= 4 is 68.1 Å². The molecule has 1 atom stereocenters. The lowest BCUT2D eigenvalue weighted by molar-refractivity contribution is -0.115. The maximum absolute atomic E-state index is 12.3. The quantitative estimate of drug-likeness (QED) is 0.586. The van der Waals surface area contributed by atoms with Crippen molar-refractivity contribution in [1.29, 1.82) is 0 Å². The molecule has 0 aliphatic heterocycles. The van der Waals surface area contributed by atoms with E-state index < -0.39 is 0 Å². The van der Waals surface area contributed by atoms with Crippen molar-refractivity contribution in [1.82, 2.24) is 4.98 Å². The molecule has 0 bridgehead atoms. The van der Waals surface area contributed by atoms with E-state index in [0.29, 0.717) is 15.7 Å². The van der Waals surface area contributed by atoms with Crippen LogP contribution in [0.1, 0.15) is 6.92 Å². The van der Waals surface area contributed by atoms with Crippen LogP contribution in [0.3, 0.4) is 0 Å². The second-order valence-electron chi connectivity index (χ2n) is 4.85. The predicted octanol–water partition coefficient (Wildman–Crippen LogP) is 5.72. The van der Waals surface area contributed by atoms with Crippen LogP contribution in [0, 0.1) is 0 Å². The Kier molecular flexibility index (Phi) is 5.11. The number of amides is 1. The van der Waals surface area contributed by atoms with Crippen molar-refractivity contribution in [3.8, 4) is 0 Å². The minimum atomic E-state index is -0.273. The first-order valence-electron chi connectivity index (χ1n) is 6.80. The van der Waals surface area contributed by atoms with Gasteiger partial charge in [0.1, 0.15) is 0 Å². The molecule has 1 aromatic heterocycles. The van der Waals surface area contributed by atoms with Gasteiger partial charge < -0.3 is 5.32 Å². The third-order valence-electron chi connectivity index (χ3n) is 3.07. The highest BCUT2D eigenvalue weighted by Crippen LogP contribution is 2.33. The van der Waals surface area contributed by atoms with Crippen LogP contribution in [0.5, 0.6) is 0 Å².